The molecule has 1 heterocycles. The van der Waals surface area contributed by atoms with Crippen LogP contribution in [0.4, 0.5) is 0 Å². The van der Waals surface area contributed by atoms with Gasteiger partial charge in [0.1, 0.15) is 0 Å². The van der Waals surface area contributed by atoms with E-state index in [4.69, 9.17) is 16.0 Å². The number of rotatable bonds is 6. The summed E-state index contributed by atoms with van der Waals surface area (Å²) < 4.78 is 6.78. The number of hydrogen-bond donors (Lipinski definition) is 0. The summed E-state index contributed by atoms with van der Waals surface area (Å²) >= 11 is 6.05. The third kappa shape index (κ3) is 5.52. The van der Waals surface area contributed by atoms with Gasteiger partial charge in [0.05, 0.1) is 6.10 Å². The van der Waals surface area contributed by atoms with Crippen LogP contribution in [-0.2, 0) is 16.4 Å². The van der Waals surface area contributed by atoms with Crippen molar-refractivity contribution in [2.45, 2.75) is 64.8 Å². The van der Waals surface area contributed by atoms with Crippen molar-refractivity contribution in [3.05, 3.63) is 70.7 Å². The SMILES string of the molecule is C[SiH](C)OC(C(C)(C)C)C1(c2ccccc2)CCN(Cc2ccc(Cl)cc2)CC1. The fourth-order valence-electron chi connectivity index (χ4n) is 4.87. The lowest BCUT2D eigenvalue weighted by atomic mass is 9.62. The van der Waals surface area contributed by atoms with E-state index in [2.05, 4.69) is 81.2 Å². The first-order valence-electron chi connectivity index (χ1n) is 10.9. The Morgan fingerprint density at radius 1 is 1.00 bits per heavy atom. The summed E-state index contributed by atoms with van der Waals surface area (Å²) in [6, 6.07) is 19.4. The van der Waals surface area contributed by atoms with E-state index < -0.39 is 9.04 Å². The Labute approximate surface area is 184 Å². The average molecular weight is 430 g/mol. The largest absolute Gasteiger partial charge is 0.416 e. The van der Waals surface area contributed by atoms with Crippen LogP contribution in [-0.4, -0.2) is 33.1 Å². The van der Waals surface area contributed by atoms with Gasteiger partial charge in [0, 0.05) is 17.0 Å². The highest BCUT2D eigenvalue weighted by atomic mass is 35.5. The van der Waals surface area contributed by atoms with Crippen LogP contribution in [0.25, 0.3) is 0 Å². The van der Waals surface area contributed by atoms with Crippen molar-refractivity contribution < 1.29 is 4.43 Å². The number of halogens is 1. The number of benzene rings is 2. The minimum absolute atomic E-state index is 0.0767. The van der Waals surface area contributed by atoms with E-state index in [9.17, 15) is 0 Å². The number of hydrogen-bond acceptors (Lipinski definition) is 2. The van der Waals surface area contributed by atoms with Crippen molar-refractivity contribution in [2.24, 2.45) is 5.41 Å². The molecule has 0 saturated carbocycles. The zero-order valence-corrected chi connectivity index (χ0v) is 20.5. The maximum atomic E-state index is 6.78. The second-order valence-corrected chi connectivity index (χ2v) is 12.7. The molecule has 0 radical (unpaired) electrons. The Hall–Kier alpha value is -1.13. The fraction of sp³-hybridized carbons (Fsp3) is 0.520. The van der Waals surface area contributed by atoms with E-state index >= 15 is 0 Å². The predicted octanol–water partition coefficient (Wildman–Crippen LogP) is 6.29. The van der Waals surface area contributed by atoms with Gasteiger partial charge < -0.3 is 4.43 Å². The monoisotopic (exact) mass is 429 g/mol. The Balaban J connectivity index is 1.85. The minimum Gasteiger partial charge on any atom is -0.416 e. The van der Waals surface area contributed by atoms with E-state index in [0.717, 1.165) is 37.5 Å². The van der Waals surface area contributed by atoms with E-state index in [1.165, 1.54) is 11.1 Å². The molecule has 0 spiro atoms. The summed E-state index contributed by atoms with van der Waals surface area (Å²) in [5, 5.41) is 0.804. The summed E-state index contributed by atoms with van der Waals surface area (Å²) in [6.07, 6.45) is 2.50. The smallest absolute Gasteiger partial charge is 0.171 e. The van der Waals surface area contributed by atoms with Crippen LogP contribution in [0.2, 0.25) is 18.1 Å². The Morgan fingerprint density at radius 3 is 2.10 bits per heavy atom. The molecule has 0 aliphatic carbocycles. The molecule has 1 fully saturated rings. The molecule has 29 heavy (non-hydrogen) atoms. The Kier molecular flexibility index (Phi) is 7.26. The van der Waals surface area contributed by atoms with E-state index in [0.29, 0.717) is 0 Å². The molecule has 0 N–H and O–H groups in total. The highest BCUT2D eigenvalue weighted by molar-refractivity contribution is 6.48. The van der Waals surface area contributed by atoms with Gasteiger partial charge in [-0.25, -0.2) is 0 Å². The van der Waals surface area contributed by atoms with Crippen molar-refractivity contribution in [1.29, 1.82) is 0 Å². The van der Waals surface area contributed by atoms with Crippen LogP contribution in [0, 0.1) is 5.41 Å². The van der Waals surface area contributed by atoms with Crippen LogP contribution >= 0.6 is 11.6 Å². The molecule has 1 aliphatic heterocycles. The molecule has 4 heteroatoms. The van der Waals surface area contributed by atoms with Crippen LogP contribution in [0.3, 0.4) is 0 Å². The van der Waals surface area contributed by atoms with Gasteiger partial charge in [0.25, 0.3) is 0 Å². The first kappa shape index (κ1) is 22.5. The molecule has 2 nitrogen and oxygen atoms in total. The summed E-state index contributed by atoms with van der Waals surface area (Å²) in [7, 11) is -1.17. The molecule has 0 aromatic heterocycles. The number of likely N-dealkylation sites (tertiary alicyclic amines) is 1. The van der Waals surface area contributed by atoms with Gasteiger partial charge in [-0.05, 0) is 67.7 Å². The quantitative estimate of drug-likeness (QED) is 0.500. The van der Waals surface area contributed by atoms with Gasteiger partial charge in [-0.3, -0.25) is 4.90 Å². The van der Waals surface area contributed by atoms with Gasteiger partial charge in [0.2, 0.25) is 0 Å². The second-order valence-electron chi connectivity index (χ2n) is 9.86. The molecule has 2 aromatic carbocycles. The second kappa shape index (κ2) is 9.34. The highest BCUT2D eigenvalue weighted by Crippen LogP contribution is 2.46. The molecule has 0 bridgehead atoms. The standard InChI is InChI=1S/C25H36ClNOSi/c1-24(2,3)23(28-29(4)5)25(21-9-7-6-8-10-21)15-17-27(18-16-25)19-20-11-13-22(26)14-12-20/h6-14,23,29H,15-19H2,1-5H3. The van der Waals surface area contributed by atoms with Crippen molar-refractivity contribution in [2.75, 3.05) is 13.1 Å². The van der Waals surface area contributed by atoms with Gasteiger partial charge in [-0.2, -0.15) is 0 Å². The third-order valence-electron chi connectivity index (χ3n) is 6.11. The van der Waals surface area contributed by atoms with Gasteiger partial charge in [0.15, 0.2) is 9.04 Å². The molecular weight excluding hydrogens is 394 g/mol. The van der Waals surface area contributed by atoms with E-state index in [-0.39, 0.29) is 16.9 Å². The van der Waals surface area contributed by atoms with E-state index in [1.54, 1.807) is 0 Å². The predicted molar refractivity (Wildman–Crippen MR) is 127 cm³/mol. The van der Waals surface area contributed by atoms with Crippen LogP contribution in [0.1, 0.15) is 44.7 Å². The first-order chi connectivity index (χ1) is 13.7. The summed E-state index contributed by atoms with van der Waals surface area (Å²) in [6.45, 7) is 14.8. The molecule has 0 amide bonds. The third-order valence-corrected chi connectivity index (χ3v) is 7.18. The molecule has 158 valence electrons. The highest BCUT2D eigenvalue weighted by Gasteiger charge is 2.48. The number of piperidine rings is 1. The lowest BCUT2D eigenvalue weighted by Crippen LogP contribution is -2.55. The zero-order chi connectivity index (χ0) is 21.1. The van der Waals surface area contributed by atoms with Gasteiger partial charge >= 0.3 is 0 Å². The topological polar surface area (TPSA) is 12.5 Å². The summed E-state index contributed by atoms with van der Waals surface area (Å²) in [5.74, 6) is 0. The first-order valence-corrected chi connectivity index (χ1v) is 14.0. The summed E-state index contributed by atoms with van der Waals surface area (Å²) in [4.78, 5) is 2.58. The van der Waals surface area contributed by atoms with Crippen molar-refractivity contribution in [3.63, 3.8) is 0 Å². The molecular formula is C25H36ClNOSi. The zero-order valence-electron chi connectivity index (χ0n) is 18.6. The van der Waals surface area contributed by atoms with Crippen LogP contribution in [0.15, 0.2) is 54.6 Å². The van der Waals surface area contributed by atoms with Crippen LogP contribution < -0.4 is 0 Å². The molecule has 3 rings (SSSR count). The minimum atomic E-state index is -1.17. The van der Waals surface area contributed by atoms with Crippen molar-refractivity contribution >= 4 is 20.6 Å². The van der Waals surface area contributed by atoms with Gasteiger partial charge in [-0.1, -0.05) is 74.8 Å². The molecule has 1 aliphatic rings. The fourth-order valence-corrected chi connectivity index (χ4v) is 6.20. The van der Waals surface area contributed by atoms with Gasteiger partial charge in [-0.15, -0.1) is 0 Å². The Bertz CT molecular complexity index is 762. The maximum absolute atomic E-state index is 6.78. The molecule has 2 aromatic rings. The lowest BCUT2D eigenvalue weighted by Gasteiger charge is -2.52. The van der Waals surface area contributed by atoms with Crippen molar-refractivity contribution in [3.8, 4) is 0 Å². The maximum Gasteiger partial charge on any atom is 0.171 e. The number of nitrogens with zero attached hydrogens (tertiary/aromatic N) is 1. The normalized spacial score (nSPS) is 18.7. The molecule has 1 saturated heterocycles. The molecule has 1 unspecified atom stereocenters. The molecule has 1 atom stereocenters. The summed E-state index contributed by atoms with van der Waals surface area (Å²) in [5.41, 5.74) is 2.96. The Morgan fingerprint density at radius 2 is 1.59 bits per heavy atom. The average Bonchev–Trinajstić information content (AvgIpc) is 2.69. The lowest BCUT2D eigenvalue weighted by molar-refractivity contribution is -0.0212. The van der Waals surface area contributed by atoms with Crippen LogP contribution in [0.5, 0.6) is 0 Å². The van der Waals surface area contributed by atoms with Crippen molar-refractivity contribution in [1.82, 2.24) is 4.90 Å². The van der Waals surface area contributed by atoms with E-state index in [1.807, 2.05) is 12.1 Å².